The van der Waals surface area contributed by atoms with Gasteiger partial charge in [0.05, 0.1) is 154 Å². The van der Waals surface area contributed by atoms with Crippen LogP contribution in [0.25, 0.3) is 66.9 Å². The van der Waals surface area contributed by atoms with Gasteiger partial charge in [-0.15, -0.1) is 0 Å². The zero-order chi connectivity index (χ0) is 80.5. The Kier molecular flexibility index (Phi) is 26.6. The summed E-state index contributed by atoms with van der Waals surface area (Å²) in [6.07, 6.45) is 23.6. The van der Waals surface area contributed by atoms with Crippen molar-refractivity contribution in [2.75, 3.05) is 123 Å². The average molecular weight is 1560 g/mol. The molecule has 3 fully saturated rings. The Morgan fingerprint density at radius 2 is 0.957 bits per heavy atom. The molecule has 3 atom stereocenters. The van der Waals surface area contributed by atoms with Gasteiger partial charge in [-0.3, -0.25) is 24.4 Å². The van der Waals surface area contributed by atoms with Crippen molar-refractivity contribution < 1.29 is 47.8 Å². The minimum absolute atomic E-state index is 0.0232. The first-order valence-electron chi connectivity index (χ1n) is 38.8. The number of aromatic nitrogens is 12. The van der Waals surface area contributed by atoms with Crippen molar-refractivity contribution in [2.24, 2.45) is 5.92 Å². The number of hydrogen-bond acceptors (Lipinski definition) is 25. The fraction of sp³-hybridized carbons (Fsp3) is 0.384. The zero-order valence-electron chi connectivity index (χ0n) is 67.1. The predicted octanol–water partition coefficient (Wildman–Crippen LogP) is 13.7. The summed E-state index contributed by atoms with van der Waals surface area (Å²) in [7, 11) is 11.4. The number of hydrogen-bond donors (Lipinski definition) is 3. The van der Waals surface area contributed by atoms with Crippen LogP contribution in [0.3, 0.4) is 0 Å². The summed E-state index contributed by atoms with van der Waals surface area (Å²) in [5, 5.41) is 39.5. The van der Waals surface area contributed by atoms with Crippen LogP contribution < -0.4 is 53.8 Å². The number of methoxy groups -OCH3 is 6. The van der Waals surface area contributed by atoms with Crippen molar-refractivity contribution in [2.45, 2.75) is 103 Å². The molecule has 0 saturated carbocycles. The Labute approximate surface area is 669 Å². The number of likely N-dealkylation sites (tertiary alicyclic amines) is 1. The molecule has 6 aromatic carbocycles. The van der Waals surface area contributed by atoms with E-state index in [0.29, 0.717) is 41.3 Å². The number of fused-ring (bicyclic) bond motifs is 3. The van der Waals surface area contributed by atoms with Crippen LogP contribution in [0.5, 0.6) is 34.5 Å². The van der Waals surface area contributed by atoms with Crippen molar-refractivity contribution in [3.05, 3.63) is 165 Å². The van der Waals surface area contributed by atoms with Crippen molar-refractivity contribution in [1.29, 1.82) is 5.26 Å². The van der Waals surface area contributed by atoms with Gasteiger partial charge in [-0.1, -0.05) is 13.8 Å². The van der Waals surface area contributed by atoms with Crippen LogP contribution >= 0.6 is 0 Å². The number of amides is 1. The van der Waals surface area contributed by atoms with E-state index in [-0.39, 0.29) is 30.8 Å². The summed E-state index contributed by atoms with van der Waals surface area (Å²) < 4.78 is 50.3. The number of nitrogens with zero attached hydrogens (tertiary/aromatic N) is 17. The normalized spacial score (nSPS) is 15.6. The van der Waals surface area contributed by atoms with Crippen LogP contribution in [0.2, 0.25) is 0 Å². The number of carbonyl (C=O) groups is 1. The molecule has 1 amide bonds. The Morgan fingerprint density at radius 1 is 0.539 bits per heavy atom. The summed E-state index contributed by atoms with van der Waals surface area (Å²) in [5.41, 5.74) is 14.0. The number of rotatable bonds is 28. The molecule has 15 rings (SSSR count). The number of benzene rings is 6. The maximum absolute atomic E-state index is 11.7. The molecule has 9 heterocycles. The molecule has 600 valence electrons. The molecule has 6 aromatic heterocycles. The second-order valence-corrected chi connectivity index (χ2v) is 29.4. The Bertz CT molecular complexity index is 5250. The molecule has 0 bridgehead atoms. The molecule has 3 saturated heterocycles. The van der Waals surface area contributed by atoms with Crippen molar-refractivity contribution in [1.82, 2.24) is 74.8 Å². The summed E-state index contributed by atoms with van der Waals surface area (Å²) in [6.45, 7) is 14.6. The SMILES string of the molecule is CNC(=O)Cn1cc(-c2cnc3ccc(N(CCNC(C)C)c4cc(OC)cc(OC)c4)cc3n2)cn1.COc1cc(OC)cc(N(CC(C)(C)O)c2ccc3ncc(-c4cnn(C5CCCCO5)c4)nc3c2)c1.COc1cc(OC)cc(N(CCN2CC[C@H](C#N)C2)c2ccc3ncc(-c4cnn(C5CCCCO5)c4)nc3c2)c1. The third-order valence-electron chi connectivity index (χ3n) is 20.2. The zero-order valence-corrected chi connectivity index (χ0v) is 67.1. The van der Waals surface area contributed by atoms with Gasteiger partial charge < -0.3 is 73.2 Å². The number of nitriles is 1. The quantitative estimate of drug-likeness (QED) is 0.0410. The highest BCUT2D eigenvalue weighted by molar-refractivity contribution is 5.86. The topological polar surface area (TPSA) is 303 Å². The van der Waals surface area contributed by atoms with Gasteiger partial charge in [0, 0.05) is 183 Å². The van der Waals surface area contributed by atoms with Gasteiger partial charge in [0.25, 0.3) is 0 Å². The summed E-state index contributed by atoms with van der Waals surface area (Å²) in [6, 6.07) is 38.3. The highest BCUT2D eigenvalue weighted by atomic mass is 16.5. The fourth-order valence-electron chi connectivity index (χ4n) is 14.1. The van der Waals surface area contributed by atoms with Gasteiger partial charge >= 0.3 is 0 Å². The standard InChI is InChI=1S/C31H35N7O3.C28H33N5O4.C27H33N7O3/c1-39-26-13-25(14-27(16-26)40-2)37(11-10-36-9-8-22(17-32)20-36)24-6-7-28-29(15-24)35-30(19-33-28)23-18-34-38(21-23)31-5-3-4-12-41-31;1-28(2,34)18-32(21-11-22(35-3)14-23(12-21)36-4)20-8-9-24-25(13-20)31-26(16-29-24)19-15-30-33(17-19)27-7-5-6-10-37-27;1-18(2)29-8-9-34(21-10-22(36-4)13-23(11-21)37-5)20-6-7-24-25(12-20)32-26(15-30-24)19-14-31-33(16-19)17-27(35)28-3/h6-7,13-16,18-19,21-22,31H,3-5,8-12,20H2,1-2H3;8-9,11-17,27,34H,5-7,10,18H2,1-4H3;6-7,10-16,18,29H,8-9,17H2,1-5H3,(H,28,35)/t22-,31?;;/m1../s1. The van der Waals surface area contributed by atoms with Gasteiger partial charge in [-0.05, 0) is 120 Å². The Hall–Kier alpha value is -12.1. The van der Waals surface area contributed by atoms with Gasteiger partial charge in [-0.25, -0.2) is 24.3 Å². The number of nitrogens with one attached hydrogen (secondary N) is 2. The minimum Gasteiger partial charge on any atom is -0.497 e. The summed E-state index contributed by atoms with van der Waals surface area (Å²) in [4.78, 5) is 49.2. The molecule has 3 aliphatic heterocycles. The number of anilines is 6. The maximum atomic E-state index is 11.7. The van der Waals surface area contributed by atoms with E-state index in [1.165, 1.54) is 0 Å². The maximum Gasteiger partial charge on any atom is 0.241 e. The lowest BCUT2D eigenvalue weighted by atomic mass is 10.1. The van der Waals surface area contributed by atoms with Crippen LogP contribution in [0.15, 0.2) is 165 Å². The molecule has 0 radical (unpaired) electrons. The van der Waals surface area contributed by atoms with Crippen LogP contribution in [0, 0.1) is 17.2 Å². The first kappa shape index (κ1) is 81.0. The molecule has 29 nitrogen and oxygen atoms in total. The molecular weight excluding hydrogens is 1460 g/mol. The van der Waals surface area contributed by atoms with Gasteiger partial charge in [0.2, 0.25) is 5.91 Å². The molecule has 12 aromatic rings. The number of aliphatic hydroxyl groups is 1. The second kappa shape index (κ2) is 37.7. The molecule has 2 unspecified atom stereocenters. The van der Waals surface area contributed by atoms with E-state index >= 15 is 0 Å². The van der Waals surface area contributed by atoms with Gasteiger partial charge in [0.15, 0.2) is 0 Å². The predicted molar refractivity (Wildman–Crippen MR) is 443 cm³/mol. The van der Waals surface area contributed by atoms with Crippen molar-refractivity contribution in [3.8, 4) is 74.3 Å². The van der Waals surface area contributed by atoms with Crippen LogP contribution in [-0.4, -0.2) is 196 Å². The number of ether oxygens (including phenoxy) is 8. The van der Waals surface area contributed by atoms with E-state index in [1.54, 1.807) is 105 Å². The first-order chi connectivity index (χ1) is 55.8. The molecule has 3 aliphatic rings. The second-order valence-electron chi connectivity index (χ2n) is 29.4. The van der Waals surface area contributed by atoms with Crippen molar-refractivity contribution >= 4 is 73.1 Å². The highest BCUT2D eigenvalue weighted by Gasteiger charge is 2.27. The summed E-state index contributed by atoms with van der Waals surface area (Å²) >= 11 is 0. The monoisotopic (exact) mass is 1560 g/mol. The largest absolute Gasteiger partial charge is 0.497 e. The smallest absolute Gasteiger partial charge is 0.241 e. The third kappa shape index (κ3) is 20.7. The number of likely N-dealkylation sites (N-methyl/N-ethyl adjacent to an activating group) is 1. The van der Waals surface area contributed by atoms with Crippen LogP contribution in [0.1, 0.15) is 85.1 Å². The molecule has 3 N–H and O–H groups in total. The third-order valence-corrected chi connectivity index (χ3v) is 20.2. The van der Waals surface area contributed by atoms with E-state index in [0.717, 1.165) is 204 Å². The minimum atomic E-state index is -0.964. The Balaban J connectivity index is 0.000000151. The van der Waals surface area contributed by atoms with Gasteiger partial charge in [-0.2, -0.15) is 20.6 Å². The first-order valence-corrected chi connectivity index (χ1v) is 38.8. The lowest BCUT2D eigenvalue weighted by molar-refractivity contribution is -0.121. The summed E-state index contributed by atoms with van der Waals surface area (Å²) in [5.74, 6) is 4.18. The van der Waals surface area contributed by atoms with E-state index in [2.05, 4.69) is 82.6 Å². The molecular formula is C86H101N19O10. The lowest BCUT2D eigenvalue weighted by Crippen LogP contribution is -2.36. The molecule has 29 heteroatoms. The van der Waals surface area contributed by atoms with E-state index < -0.39 is 5.60 Å². The molecule has 0 spiro atoms. The Morgan fingerprint density at radius 3 is 1.35 bits per heavy atom. The fourth-order valence-corrected chi connectivity index (χ4v) is 14.1. The molecule has 115 heavy (non-hydrogen) atoms. The van der Waals surface area contributed by atoms with E-state index in [4.69, 9.17) is 57.8 Å². The van der Waals surface area contributed by atoms with E-state index in [9.17, 15) is 15.2 Å². The van der Waals surface area contributed by atoms with Crippen molar-refractivity contribution in [3.63, 3.8) is 0 Å². The van der Waals surface area contributed by atoms with Crippen LogP contribution in [-0.2, 0) is 20.8 Å². The lowest BCUT2D eigenvalue weighted by Gasteiger charge is -2.31. The average Bonchev–Trinajstić information content (AvgIpc) is 1.79. The van der Waals surface area contributed by atoms with E-state index in [1.807, 2.05) is 130 Å². The molecule has 0 aliphatic carbocycles. The highest BCUT2D eigenvalue weighted by Crippen LogP contribution is 2.40. The van der Waals surface area contributed by atoms with Gasteiger partial charge in [0.1, 0.15) is 53.5 Å². The number of carbonyl (C=O) groups excluding carboxylic acids is 1. The van der Waals surface area contributed by atoms with Crippen LogP contribution in [0.4, 0.5) is 34.1 Å².